The predicted octanol–water partition coefficient (Wildman–Crippen LogP) is 2.43. The van der Waals surface area contributed by atoms with E-state index in [1.54, 1.807) is 0 Å². The highest BCUT2D eigenvalue weighted by atomic mass is 35.5. The van der Waals surface area contributed by atoms with Crippen LogP contribution in [0.2, 0.25) is 0 Å². The number of alkyl halides is 2. The molecule has 0 unspecified atom stereocenters. The van der Waals surface area contributed by atoms with Gasteiger partial charge in [-0.05, 0) is 0 Å². The molecular formula is C3H3Cl3O. The minimum absolute atomic E-state index is 0.231. The number of hydrogen-bond acceptors (Lipinski definition) is 1. The van der Waals surface area contributed by atoms with Crippen LogP contribution in [-0.4, -0.2) is 9.94 Å². The Labute approximate surface area is 56.5 Å². The van der Waals surface area contributed by atoms with Crippen molar-refractivity contribution in [3.05, 3.63) is 11.3 Å². The lowest BCUT2D eigenvalue weighted by Gasteiger charge is -1.92. The molecular weight excluding hydrogens is 158 g/mol. The molecule has 0 amide bonds. The lowest BCUT2D eigenvalue weighted by Crippen LogP contribution is -1.88. The first kappa shape index (κ1) is 7.41. The maximum atomic E-state index is 8.40. The van der Waals surface area contributed by atoms with Crippen LogP contribution in [0.4, 0.5) is 0 Å². The highest BCUT2D eigenvalue weighted by molar-refractivity contribution is 6.46. The van der Waals surface area contributed by atoms with Gasteiger partial charge in [-0.15, -0.1) is 0 Å². The van der Waals surface area contributed by atoms with Gasteiger partial charge in [-0.3, -0.25) is 0 Å². The summed E-state index contributed by atoms with van der Waals surface area (Å²) in [5.74, 6) is -0.231. The fourth-order valence-corrected chi connectivity index (χ4v) is 0.429. The number of aliphatic hydroxyl groups is 1. The van der Waals surface area contributed by atoms with Gasteiger partial charge in [0.05, 0.1) is 0 Å². The smallest absolute Gasteiger partial charge is 0.165 e. The molecule has 0 aliphatic rings. The Morgan fingerprint density at radius 2 is 2.00 bits per heavy atom. The minimum Gasteiger partial charge on any atom is -0.509 e. The van der Waals surface area contributed by atoms with E-state index in [4.69, 9.17) is 39.9 Å². The van der Waals surface area contributed by atoms with Crippen molar-refractivity contribution in [1.82, 2.24) is 0 Å². The molecule has 0 bridgehead atoms. The summed E-state index contributed by atoms with van der Waals surface area (Å²) >= 11 is 15.1. The number of allylic oxidation sites excluding steroid dienone is 1. The summed E-state index contributed by atoms with van der Waals surface area (Å²) in [6.07, 6.45) is 0. The molecule has 7 heavy (non-hydrogen) atoms. The Bertz CT molecular complexity index is 78.2. The van der Waals surface area contributed by atoms with E-state index in [0.29, 0.717) is 0 Å². The molecule has 0 atom stereocenters. The first-order valence-corrected chi connectivity index (χ1v) is 2.76. The quantitative estimate of drug-likeness (QED) is 0.463. The zero-order valence-corrected chi connectivity index (χ0v) is 5.50. The van der Waals surface area contributed by atoms with Crippen LogP contribution in [0.5, 0.6) is 0 Å². The van der Waals surface area contributed by atoms with Crippen LogP contribution in [0.3, 0.4) is 0 Å². The average molecular weight is 161 g/mol. The van der Waals surface area contributed by atoms with Gasteiger partial charge in [0.25, 0.3) is 0 Å². The van der Waals surface area contributed by atoms with E-state index >= 15 is 0 Å². The summed E-state index contributed by atoms with van der Waals surface area (Å²) < 4.78 is 0. The number of aliphatic hydroxyl groups excluding tert-OH is 1. The third-order valence-electron chi connectivity index (χ3n) is 0.335. The van der Waals surface area contributed by atoms with Crippen molar-refractivity contribution >= 4 is 34.8 Å². The van der Waals surface area contributed by atoms with Gasteiger partial charge < -0.3 is 5.11 Å². The average Bonchev–Trinajstić information content (AvgIpc) is 1.65. The van der Waals surface area contributed by atoms with Gasteiger partial charge >= 0.3 is 0 Å². The van der Waals surface area contributed by atoms with Crippen molar-refractivity contribution in [1.29, 1.82) is 0 Å². The second-order valence-corrected chi connectivity index (χ2v) is 2.15. The molecule has 4 heteroatoms. The minimum atomic E-state index is -0.905. The topological polar surface area (TPSA) is 20.2 Å². The fraction of sp³-hybridized carbons (Fsp3) is 0.333. The van der Waals surface area contributed by atoms with Crippen LogP contribution in [-0.2, 0) is 0 Å². The van der Waals surface area contributed by atoms with E-state index in [0.717, 1.165) is 5.54 Å². The zero-order chi connectivity index (χ0) is 5.86. The third kappa shape index (κ3) is 3.03. The molecule has 0 saturated heterocycles. The fourth-order valence-electron chi connectivity index (χ4n) is 0.0476. The standard InChI is InChI=1S/C3H3Cl3O/c4-1-2(7)3(5)6/h1,3,7H. The van der Waals surface area contributed by atoms with Gasteiger partial charge in [-0.2, -0.15) is 0 Å². The molecule has 0 aromatic carbocycles. The number of hydrogen-bond donors (Lipinski definition) is 1. The van der Waals surface area contributed by atoms with Crippen LogP contribution in [0.1, 0.15) is 0 Å². The van der Waals surface area contributed by atoms with Crippen LogP contribution < -0.4 is 0 Å². The molecule has 1 N–H and O–H groups in total. The van der Waals surface area contributed by atoms with Crippen molar-refractivity contribution in [3.63, 3.8) is 0 Å². The van der Waals surface area contributed by atoms with E-state index in [9.17, 15) is 0 Å². The zero-order valence-electron chi connectivity index (χ0n) is 3.24. The molecule has 42 valence electrons. The second kappa shape index (κ2) is 3.42. The molecule has 0 aliphatic carbocycles. The summed E-state index contributed by atoms with van der Waals surface area (Å²) in [5, 5.41) is 8.40. The summed E-state index contributed by atoms with van der Waals surface area (Å²) in [4.78, 5) is -0.905. The van der Waals surface area contributed by atoms with Gasteiger partial charge in [0.15, 0.2) is 4.84 Å². The monoisotopic (exact) mass is 160 g/mol. The molecule has 0 heterocycles. The molecule has 0 radical (unpaired) electrons. The van der Waals surface area contributed by atoms with Crippen LogP contribution in [0.15, 0.2) is 11.3 Å². The van der Waals surface area contributed by atoms with E-state index in [2.05, 4.69) is 0 Å². The molecule has 0 fully saturated rings. The Morgan fingerprint density at radius 3 is 2.00 bits per heavy atom. The van der Waals surface area contributed by atoms with Crippen molar-refractivity contribution in [2.75, 3.05) is 0 Å². The lowest BCUT2D eigenvalue weighted by atomic mass is 10.7. The van der Waals surface area contributed by atoms with Gasteiger partial charge in [0, 0.05) is 5.54 Å². The van der Waals surface area contributed by atoms with E-state index in [1.165, 1.54) is 0 Å². The van der Waals surface area contributed by atoms with Crippen molar-refractivity contribution < 1.29 is 5.11 Å². The Kier molecular flexibility index (Phi) is 3.62. The molecule has 0 aliphatic heterocycles. The normalized spacial score (nSPS) is 12.9. The highest BCUT2D eigenvalue weighted by Crippen LogP contribution is 2.10. The van der Waals surface area contributed by atoms with E-state index in [-0.39, 0.29) is 5.76 Å². The second-order valence-electron chi connectivity index (χ2n) is 0.835. The number of rotatable bonds is 1. The Balaban J connectivity index is 3.56. The van der Waals surface area contributed by atoms with Crippen molar-refractivity contribution in [2.45, 2.75) is 4.84 Å². The van der Waals surface area contributed by atoms with Gasteiger partial charge in [-0.25, -0.2) is 0 Å². The van der Waals surface area contributed by atoms with Gasteiger partial charge in [0.1, 0.15) is 5.76 Å². The predicted molar refractivity (Wildman–Crippen MR) is 32.1 cm³/mol. The van der Waals surface area contributed by atoms with Gasteiger partial charge in [-0.1, -0.05) is 34.8 Å². The largest absolute Gasteiger partial charge is 0.509 e. The lowest BCUT2D eigenvalue weighted by molar-refractivity contribution is 0.411. The van der Waals surface area contributed by atoms with Crippen LogP contribution in [0, 0.1) is 0 Å². The maximum absolute atomic E-state index is 8.40. The van der Waals surface area contributed by atoms with Crippen LogP contribution in [0.25, 0.3) is 0 Å². The summed E-state index contributed by atoms with van der Waals surface area (Å²) in [6, 6.07) is 0. The van der Waals surface area contributed by atoms with E-state index < -0.39 is 4.84 Å². The molecule has 0 aromatic heterocycles. The molecule has 0 rings (SSSR count). The number of halogens is 3. The molecule has 0 saturated carbocycles. The van der Waals surface area contributed by atoms with Crippen molar-refractivity contribution in [3.8, 4) is 0 Å². The molecule has 0 spiro atoms. The first-order chi connectivity index (χ1) is 3.18. The van der Waals surface area contributed by atoms with Crippen LogP contribution >= 0.6 is 34.8 Å². The Hall–Kier alpha value is 0.410. The Morgan fingerprint density at radius 1 is 1.57 bits per heavy atom. The van der Waals surface area contributed by atoms with Gasteiger partial charge in [0.2, 0.25) is 0 Å². The highest BCUT2D eigenvalue weighted by Gasteiger charge is 2.01. The summed E-state index contributed by atoms with van der Waals surface area (Å²) in [7, 11) is 0. The summed E-state index contributed by atoms with van der Waals surface area (Å²) in [5.41, 5.74) is 0.921. The first-order valence-electron chi connectivity index (χ1n) is 1.46. The third-order valence-corrected chi connectivity index (χ3v) is 1.01. The maximum Gasteiger partial charge on any atom is 0.165 e. The molecule has 0 aromatic rings. The van der Waals surface area contributed by atoms with Crippen molar-refractivity contribution in [2.24, 2.45) is 0 Å². The SMILES string of the molecule is OC(=CCl)C(Cl)Cl. The summed E-state index contributed by atoms with van der Waals surface area (Å²) in [6.45, 7) is 0. The molecule has 1 nitrogen and oxygen atoms in total. The van der Waals surface area contributed by atoms with E-state index in [1.807, 2.05) is 0 Å².